The fraction of sp³-hybridized carbons (Fsp3) is 0.379. The van der Waals surface area contributed by atoms with Crippen LogP contribution in [0.4, 0.5) is 5.69 Å². The lowest BCUT2D eigenvalue weighted by Gasteiger charge is -2.32. The lowest BCUT2D eigenvalue weighted by atomic mass is 9.95. The Labute approximate surface area is 197 Å². The average Bonchev–Trinajstić information content (AvgIpc) is 2.81. The van der Waals surface area contributed by atoms with Crippen LogP contribution < -0.4 is 4.90 Å². The number of carboxylic acids is 1. The van der Waals surface area contributed by atoms with Gasteiger partial charge in [0, 0.05) is 30.6 Å². The summed E-state index contributed by atoms with van der Waals surface area (Å²) in [5.41, 5.74) is 9.57. The highest BCUT2D eigenvalue weighted by atomic mass is 16.4. The van der Waals surface area contributed by atoms with Crippen molar-refractivity contribution in [2.75, 3.05) is 18.0 Å². The minimum Gasteiger partial charge on any atom is -0.481 e. The van der Waals surface area contributed by atoms with Crippen LogP contribution in [0.25, 0.3) is 22.4 Å². The predicted molar refractivity (Wildman–Crippen MR) is 136 cm³/mol. The van der Waals surface area contributed by atoms with E-state index in [0.29, 0.717) is 0 Å². The number of pyridine rings is 1. The molecule has 0 bridgehead atoms. The van der Waals surface area contributed by atoms with Crippen LogP contribution in [0.15, 0.2) is 54.6 Å². The Bertz CT molecular complexity index is 1090. The summed E-state index contributed by atoms with van der Waals surface area (Å²) in [5, 5.41) is 8.82. The van der Waals surface area contributed by atoms with Gasteiger partial charge < -0.3 is 10.0 Å². The van der Waals surface area contributed by atoms with Gasteiger partial charge in [0.15, 0.2) is 0 Å². The van der Waals surface area contributed by atoms with E-state index in [2.05, 4.69) is 73.3 Å². The van der Waals surface area contributed by atoms with Crippen LogP contribution in [0.5, 0.6) is 0 Å². The number of fused-ring (bicyclic) bond motifs is 1. The molecule has 1 aliphatic heterocycles. The highest BCUT2D eigenvalue weighted by Crippen LogP contribution is 2.37. The van der Waals surface area contributed by atoms with Crippen LogP contribution in [0.1, 0.15) is 55.3 Å². The number of carbonyl (C=O) groups is 1. The summed E-state index contributed by atoms with van der Waals surface area (Å²) in [6.45, 7) is 6.29. The van der Waals surface area contributed by atoms with Gasteiger partial charge in [-0.1, -0.05) is 72.5 Å². The highest BCUT2D eigenvalue weighted by molar-refractivity contribution is 5.84. The van der Waals surface area contributed by atoms with Crippen LogP contribution in [0.2, 0.25) is 0 Å². The molecule has 0 spiro atoms. The minimum absolute atomic E-state index is 0.276. The maximum Gasteiger partial charge on any atom is 0.303 e. The van der Waals surface area contributed by atoms with Crippen molar-refractivity contribution in [2.24, 2.45) is 0 Å². The molecule has 4 nitrogen and oxygen atoms in total. The van der Waals surface area contributed by atoms with E-state index < -0.39 is 5.97 Å². The van der Waals surface area contributed by atoms with E-state index in [1.54, 1.807) is 0 Å². The second-order valence-electron chi connectivity index (χ2n) is 9.23. The molecule has 4 rings (SSSR count). The molecule has 0 fully saturated rings. The first-order valence-electron chi connectivity index (χ1n) is 12.2. The van der Waals surface area contributed by atoms with E-state index in [0.717, 1.165) is 62.9 Å². The number of anilines is 1. The molecular formula is C29H34N2O2. The summed E-state index contributed by atoms with van der Waals surface area (Å²) < 4.78 is 0. The van der Waals surface area contributed by atoms with Gasteiger partial charge >= 0.3 is 5.97 Å². The normalized spacial score (nSPS) is 13.1. The second-order valence-corrected chi connectivity index (χ2v) is 9.23. The Kier molecular flexibility index (Phi) is 7.43. The summed E-state index contributed by atoms with van der Waals surface area (Å²) in [4.78, 5) is 18.4. The molecule has 2 aromatic carbocycles. The number of aryl methyl sites for hydroxylation is 3. The fourth-order valence-corrected chi connectivity index (χ4v) is 4.61. The Hall–Kier alpha value is -3.14. The zero-order chi connectivity index (χ0) is 23.2. The molecule has 3 aromatic rings. The molecule has 0 saturated heterocycles. The van der Waals surface area contributed by atoms with E-state index in [9.17, 15) is 4.79 Å². The summed E-state index contributed by atoms with van der Waals surface area (Å²) in [6.07, 6.45) is 6.31. The molecular weight excluding hydrogens is 408 g/mol. The quantitative estimate of drug-likeness (QED) is 0.369. The largest absolute Gasteiger partial charge is 0.481 e. The number of hydrogen-bond acceptors (Lipinski definition) is 3. The van der Waals surface area contributed by atoms with Crippen LogP contribution in [-0.4, -0.2) is 29.1 Å². The number of carboxylic acid groups (broad SMARTS) is 1. The molecule has 0 saturated carbocycles. The van der Waals surface area contributed by atoms with Crippen molar-refractivity contribution in [1.82, 2.24) is 4.98 Å². The zero-order valence-electron chi connectivity index (χ0n) is 19.8. The molecule has 1 aromatic heterocycles. The maximum atomic E-state index is 10.7. The standard InChI is InChI=1S/C29H34N2O2/c1-21-10-14-23(15-11-21)25-20-27-26(30-29(25)24-16-12-22(2)13-17-24)8-7-19-31(27)18-6-4-3-5-9-28(32)33/h10-17,20H,3-9,18-19H2,1-2H3,(H,32,33). The number of benzene rings is 2. The third kappa shape index (κ3) is 5.81. The van der Waals surface area contributed by atoms with Crippen molar-refractivity contribution in [3.8, 4) is 22.4 Å². The molecule has 0 radical (unpaired) electrons. The van der Waals surface area contributed by atoms with Crippen molar-refractivity contribution >= 4 is 11.7 Å². The number of hydrogen-bond donors (Lipinski definition) is 1. The molecule has 0 atom stereocenters. The van der Waals surface area contributed by atoms with Crippen molar-refractivity contribution in [2.45, 2.75) is 58.8 Å². The first-order chi connectivity index (χ1) is 16.0. The first kappa shape index (κ1) is 23.0. The van der Waals surface area contributed by atoms with Gasteiger partial charge in [-0.3, -0.25) is 9.78 Å². The summed E-state index contributed by atoms with van der Waals surface area (Å²) >= 11 is 0. The predicted octanol–water partition coefficient (Wildman–Crippen LogP) is 6.82. The molecule has 0 aliphatic carbocycles. The second kappa shape index (κ2) is 10.7. The van der Waals surface area contributed by atoms with Gasteiger partial charge in [-0.05, 0) is 51.2 Å². The monoisotopic (exact) mass is 442 g/mol. The van der Waals surface area contributed by atoms with Crippen molar-refractivity contribution in [1.29, 1.82) is 0 Å². The molecule has 0 unspecified atom stereocenters. The Balaban J connectivity index is 1.62. The van der Waals surface area contributed by atoms with Gasteiger partial charge in [0.1, 0.15) is 0 Å². The van der Waals surface area contributed by atoms with Crippen LogP contribution >= 0.6 is 0 Å². The van der Waals surface area contributed by atoms with Crippen LogP contribution in [0.3, 0.4) is 0 Å². The van der Waals surface area contributed by atoms with Gasteiger partial charge in [-0.15, -0.1) is 0 Å². The smallest absolute Gasteiger partial charge is 0.303 e. The Morgan fingerprint density at radius 2 is 1.55 bits per heavy atom. The van der Waals surface area contributed by atoms with E-state index in [-0.39, 0.29) is 6.42 Å². The molecule has 172 valence electrons. The molecule has 1 aliphatic rings. The van der Waals surface area contributed by atoms with Crippen molar-refractivity contribution in [3.05, 3.63) is 71.4 Å². The Morgan fingerprint density at radius 1 is 0.909 bits per heavy atom. The maximum absolute atomic E-state index is 10.7. The minimum atomic E-state index is -0.695. The van der Waals surface area contributed by atoms with Crippen LogP contribution in [0, 0.1) is 13.8 Å². The summed E-state index contributed by atoms with van der Waals surface area (Å²) in [5.74, 6) is -0.695. The van der Waals surface area contributed by atoms with Gasteiger partial charge in [0.25, 0.3) is 0 Å². The molecule has 1 N–H and O–H groups in total. The third-order valence-corrected chi connectivity index (χ3v) is 6.52. The number of rotatable bonds is 9. The zero-order valence-corrected chi connectivity index (χ0v) is 19.8. The number of aromatic nitrogens is 1. The van der Waals surface area contributed by atoms with Crippen molar-refractivity contribution in [3.63, 3.8) is 0 Å². The topological polar surface area (TPSA) is 53.4 Å². The van der Waals surface area contributed by atoms with Crippen LogP contribution in [-0.2, 0) is 11.2 Å². The molecule has 33 heavy (non-hydrogen) atoms. The van der Waals surface area contributed by atoms with E-state index in [1.165, 1.54) is 33.6 Å². The summed E-state index contributed by atoms with van der Waals surface area (Å²) in [7, 11) is 0. The lowest BCUT2D eigenvalue weighted by molar-refractivity contribution is -0.137. The van der Waals surface area contributed by atoms with Crippen molar-refractivity contribution < 1.29 is 9.90 Å². The fourth-order valence-electron chi connectivity index (χ4n) is 4.61. The SMILES string of the molecule is Cc1ccc(-c2cc3c(nc2-c2ccc(C)cc2)CCCN3CCCCCCC(=O)O)cc1. The van der Waals surface area contributed by atoms with E-state index in [1.807, 2.05) is 0 Å². The molecule has 2 heterocycles. The lowest BCUT2D eigenvalue weighted by Crippen LogP contribution is -2.31. The average molecular weight is 443 g/mol. The van der Waals surface area contributed by atoms with E-state index in [4.69, 9.17) is 10.1 Å². The van der Waals surface area contributed by atoms with Gasteiger partial charge in [-0.25, -0.2) is 0 Å². The van der Waals surface area contributed by atoms with Gasteiger partial charge in [0.05, 0.1) is 17.1 Å². The van der Waals surface area contributed by atoms with Gasteiger partial charge in [-0.2, -0.15) is 0 Å². The van der Waals surface area contributed by atoms with Gasteiger partial charge in [0.2, 0.25) is 0 Å². The molecule has 4 heteroatoms. The number of unbranched alkanes of at least 4 members (excludes halogenated alkanes) is 3. The third-order valence-electron chi connectivity index (χ3n) is 6.52. The molecule has 0 amide bonds. The summed E-state index contributed by atoms with van der Waals surface area (Å²) in [6, 6.07) is 19.8. The Morgan fingerprint density at radius 3 is 2.21 bits per heavy atom. The number of nitrogens with zero attached hydrogens (tertiary/aromatic N) is 2. The number of aliphatic carboxylic acids is 1. The highest BCUT2D eigenvalue weighted by Gasteiger charge is 2.22. The first-order valence-corrected chi connectivity index (χ1v) is 12.2. The van der Waals surface area contributed by atoms with E-state index >= 15 is 0 Å².